The molecule has 1 aromatic carbocycles. The molecule has 0 fully saturated rings. The Hall–Kier alpha value is -3.49. The van der Waals surface area contributed by atoms with E-state index in [1.54, 1.807) is 0 Å². The van der Waals surface area contributed by atoms with Crippen molar-refractivity contribution < 1.29 is 19.2 Å². The van der Waals surface area contributed by atoms with Gasteiger partial charge in [0.1, 0.15) is 6.54 Å². The lowest BCUT2D eigenvalue weighted by Gasteiger charge is -2.24. The third kappa shape index (κ3) is 3.46. The van der Waals surface area contributed by atoms with Gasteiger partial charge in [-0.1, -0.05) is 12.1 Å². The highest BCUT2D eigenvalue weighted by atomic mass is 16.6. The van der Waals surface area contributed by atoms with Gasteiger partial charge in [-0.05, 0) is 47.0 Å². The maximum absolute atomic E-state index is 12.4. The number of rotatable bonds is 4. The Labute approximate surface area is 148 Å². The minimum atomic E-state index is -0.673. The monoisotopic (exact) mass is 356 g/mol. The minimum absolute atomic E-state index is 0.0356. The SMILES string of the molecule is Cc1ccc(C)c(NC(=O)CN2C(=O)COc3ccc([N+](=O)[O-])nc32)c1. The summed E-state index contributed by atoms with van der Waals surface area (Å²) in [6, 6.07) is 8.18. The standard InChI is InChI=1S/C17H16N4O5/c1-10-3-4-11(2)12(7-10)18-15(22)8-20-16(23)9-26-13-5-6-14(21(24)25)19-17(13)20/h3-7H,8-9H2,1-2H3,(H,18,22). The van der Waals surface area contributed by atoms with Crippen LogP contribution in [0.1, 0.15) is 11.1 Å². The molecule has 0 bridgehead atoms. The van der Waals surface area contributed by atoms with E-state index in [-0.39, 0.29) is 24.7 Å². The Bertz CT molecular complexity index is 912. The number of nitrogens with one attached hydrogen (secondary N) is 1. The highest BCUT2D eigenvalue weighted by Gasteiger charge is 2.33. The smallest absolute Gasteiger partial charge is 0.366 e. The molecule has 0 saturated heterocycles. The number of anilines is 2. The Kier molecular flexibility index (Phi) is 4.53. The van der Waals surface area contributed by atoms with Crippen LogP contribution in [0, 0.1) is 24.0 Å². The fraction of sp³-hybridized carbons (Fsp3) is 0.235. The third-order valence-corrected chi connectivity index (χ3v) is 3.89. The van der Waals surface area contributed by atoms with Crippen molar-refractivity contribution >= 4 is 29.1 Å². The van der Waals surface area contributed by atoms with Crippen LogP contribution < -0.4 is 15.0 Å². The first-order valence-corrected chi connectivity index (χ1v) is 7.81. The van der Waals surface area contributed by atoms with E-state index in [2.05, 4.69) is 10.3 Å². The van der Waals surface area contributed by atoms with Crippen LogP contribution in [0.5, 0.6) is 5.75 Å². The first-order valence-electron chi connectivity index (χ1n) is 7.81. The van der Waals surface area contributed by atoms with Gasteiger partial charge in [-0.3, -0.25) is 14.5 Å². The van der Waals surface area contributed by atoms with Crippen LogP contribution in [0.3, 0.4) is 0 Å². The van der Waals surface area contributed by atoms with Crippen molar-refractivity contribution in [3.63, 3.8) is 0 Å². The Balaban J connectivity index is 1.84. The quantitative estimate of drug-likeness (QED) is 0.661. The van der Waals surface area contributed by atoms with Crippen LogP contribution in [0.4, 0.5) is 17.3 Å². The zero-order valence-electron chi connectivity index (χ0n) is 14.2. The van der Waals surface area contributed by atoms with Crippen LogP contribution in [-0.4, -0.2) is 34.9 Å². The molecule has 0 saturated carbocycles. The lowest BCUT2D eigenvalue weighted by Crippen LogP contribution is -2.44. The highest BCUT2D eigenvalue weighted by molar-refractivity contribution is 6.04. The zero-order valence-corrected chi connectivity index (χ0v) is 14.2. The summed E-state index contributed by atoms with van der Waals surface area (Å²) in [7, 11) is 0. The molecule has 1 aromatic heterocycles. The van der Waals surface area contributed by atoms with E-state index in [0.717, 1.165) is 16.0 Å². The van der Waals surface area contributed by atoms with Crippen LogP contribution in [0.25, 0.3) is 0 Å². The molecule has 2 aromatic rings. The molecule has 134 valence electrons. The second-order valence-electron chi connectivity index (χ2n) is 5.88. The maximum Gasteiger partial charge on any atom is 0.366 e. The summed E-state index contributed by atoms with van der Waals surface area (Å²) in [5.41, 5.74) is 2.50. The predicted molar refractivity (Wildman–Crippen MR) is 93.3 cm³/mol. The molecule has 1 N–H and O–H groups in total. The van der Waals surface area contributed by atoms with Gasteiger partial charge in [0.25, 0.3) is 11.7 Å². The average molecular weight is 356 g/mol. The minimum Gasteiger partial charge on any atom is -0.477 e. The molecule has 0 unspecified atom stereocenters. The van der Waals surface area contributed by atoms with Crippen LogP contribution in [-0.2, 0) is 9.59 Å². The molecule has 1 aliphatic rings. The number of amides is 2. The molecule has 1 aliphatic heterocycles. The number of hydrogen-bond acceptors (Lipinski definition) is 6. The summed E-state index contributed by atoms with van der Waals surface area (Å²) in [5, 5.41) is 13.7. The third-order valence-electron chi connectivity index (χ3n) is 3.89. The number of nitrogens with zero attached hydrogens (tertiary/aromatic N) is 3. The molecule has 9 nitrogen and oxygen atoms in total. The predicted octanol–water partition coefficient (Wildman–Crippen LogP) is 1.97. The maximum atomic E-state index is 12.4. The van der Waals surface area contributed by atoms with Crippen LogP contribution in [0.15, 0.2) is 30.3 Å². The van der Waals surface area contributed by atoms with E-state index < -0.39 is 22.6 Å². The summed E-state index contributed by atoms with van der Waals surface area (Å²) >= 11 is 0. The van der Waals surface area contributed by atoms with Crippen molar-refractivity contribution in [3.05, 3.63) is 51.6 Å². The van der Waals surface area contributed by atoms with Gasteiger partial charge >= 0.3 is 5.82 Å². The fourth-order valence-corrected chi connectivity index (χ4v) is 2.54. The molecular formula is C17H16N4O5. The van der Waals surface area contributed by atoms with E-state index in [4.69, 9.17) is 4.74 Å². The number of benzene rings is 1. The lowest BCUT2D eigenvalue weighted by molar-refractivity contribution is -0.389. The second kappa shape index (κ2) is 6.79. The number of pyridine rings is 1. The topological polar surface area (TPSA) is 115 Å². The van der Waals surface area contributed by atoms with Crippen LogP contribution >= 0.6 is 0 Å². The number of hydrogen-bond donors (Lipinski definition) is 1. The molecule has 9 heteroatoms. The van der Waals surface area contributed by atoms with E-state index in [9.17, 15) is 19.7 Å². The molecule has 0 spiro atoms. The van der Waals surface area contributed by atoms with Gasteiger partial charge in [0.05, 0.1) is 0 Å². The van der Waals surface area contributed by atoms with Gasteiger partial charge in [0, 0.05) is 11.8 Å². The molecule has 2 amide bonds. The van der Waals surface area contributed by atoms with E-state index in [1.165, 1.54) is 12.1 Å². The second-order valence-corrected chi connectivity index (χ2v) is 5.88. The average Bonchev–Trinajstić information content (AvgIpc) is 2.60. The number of carbonyl (C=O) groups excluding carboxylic acids is 2. The first kappa shape index (κ1) is 17.3. The van der Waals surface area contributed by atoms with Crippen molar-refractivity contribution in [1.29, 1.82) is 0 Å². The Morgan fingerprint density at radius 1 is 1.35 bits per heavy atom. The molecule has 2 heterocycles. The number of ether oxygens (including phenoxy) is 1. The number of nitro groups is 1. The van der Waals surface area contributed by atoms with Gasteiger partial charge in [-0.15, -0.1) is 0 Å². The van der Waals surface area contributed by atoms with Gasteiger partial charge in [-0.2, -0.15) is 0 Å². The summed E-state index contributed by atoms with van der Waals surface area (Å²) in [6.07, 6.45) is 0. The number of fused-ring (bicyclic) bond motifs is 1. The molecule has 0 radical (unpaired) electrons. The van der Waals surface area contributed by atoms with Gasteiger partial charge < -0.3 is 20.2 Å². The highest BCUT2D eigenvalue weighted by Crippen LogP contribution is 2.31. The number of carbonyl (C=O) groups is 2. The van der Waals surface area contributed by atoms with Crippen molar-refractivity contribution in [2.24, 2.45) is 0 Å². The summed E-state index contributed by atoms with van der Waals surface area (Å²) in [5.74, 6) is -1.18. The van der Waals surface area contributed by atoms with E-state index >= 15 is 0 Å². The zero-order chi connectivity index (χ0) is 18.8. The van der Waals surface area contributed by atoms with Gasteiger partial charge in [0.2, 0.25) is 5.91 Å². The number of aryl methyl sites for hydroxylation is 2. The van der Waals surface area contributed by atoms with Crippen molar-refractivity contribution in [1.82, 2.24) is 4.98 Å². The van der Waals surface area contributed by atoms with E-state index in [0.29, 0.717) is 5.69 Å². The molecular weight excluding hydrogens is 340 g/mol. The largest absolute Gasteiger partial charge is 0.477 e. The fourth-order valence-electron chi connectivity index (χ4n) is 2.54. The van der Waals surface area contributed by atoms with Gasteiger partial charge in [0.15, 0.2) is 12.4 Å². The first-order chi connectivity index (χ1) is 12.3. The van der Waals surface area contributed by atoms with E-state index in [1.807, 2.05) is 32.0 Å². The lowest BCUT2D eigenvalue weighted by atomic mass is 10.1. The Morgan fingerprint density at radius 2 is 2.12 bits per heavy atom. The summed E-state index contributed by atoms with van der Waals surface area (Å²) in [6.45, 7) is 3.18. The molecule has 26 heavy (non-hydrogen) atoms. The van der Waals surface area contributed by atoms with Crippen LogP contribution in [0.2, 0.25) is 0 Å². The molecule has 0 atom stereocenters. The Morgan fingerprint density at radius 3 is 2.85 bits per heavy atom. The van der Waals surface area contributed by atoms with Crippen molar-refractivity contribution in [3.8, 4) is 5.75 Å². The van der Waals surface area contributed by atoms with Crippen molar-refractivity contribution in [2.75, 3.05) is 23.4 Å². The summed E-state index contributed by atoms with van der Waals surface area (Å²) < 4.78 is 5.23. The molecule has 3 rings (SSSR count). The summed E-state index contributed by atoms with van der Waals surface area (Å²) in [4.78, 5) is 39.8. The molecule has 0 aliphatic carbocycles. The number of aromatic nitrogens is 1. The van der Waals surface area contributed by atoms with Gasteiger partial charge in [-0.25, -0.2) is 0 Å². The van der Waals surface area contributed by atoms with Crippen molar-refractivity contribution in [2.45, 2.75) is 13.8 Å². The normalized spacial score (nSPS) is 13.0.